The van der Waals surface area contributed by atoms with Gasteiger partial charge in [-0.2, -0.15) is 0 Å². The molecule has 9 heteroatoms. The van der Waals surface area contributed by atoms with E-state index >= 15 is 0 Å². The highest BCUT2D eigenvalue weighted by atomic mass is 16.7. The van der Waals surface area contributed by atoms with Gasteiger partial charge in [0.15, 0.2) is 12.2 Å². The van der Waals surface area contributed by atoms with E-state index in [1.807, 2.05) is 19.1 Å². The molecule has 2 heterocycles. The number of hydrogen-bond acceptors (Lipinski definition) is 9. The van der Waals surface area contributed by atoms with Crippen LogP contribution in [0.25, 0.3) is 0 Å². The van der Waals surface area contributed by atoms with E-state index in [1.54, 1.807) is 43.5 Å². The second-order valence-electron chi connectivity index (χ2n) is 8.99. The minimum atomic E-state index is -0.650. The summed E-state index contributed by atoms with van der Waals surface area (Å²) in [6.07, 6.45) is -2.32. The Morgan fingerprint density at radius 2 is 1.05 bits per heavy atom. The number of methoxy groups -OCH3 is 1. The molecular weight excluding hydrogens is 492 g/mol. The molecule has 3 aromatic carbocycles. The fourth-order valence-corrected chi connectivity index (χ4v) is 4.28. The fourth-order valence-electron chi connectivity index (χ4n) is 4.28. The van der Waals surface area contributed by atoms with Gasteiger partial charge in [-0.25, -0.2) is 14.4 Å². The first-order chi connectivity index (χ1) is 18.4. The van der Waals surface area contributed by atoms with Gasteiger partial charge in [0.1, 0.15) is 23.7 Å². The molecule has 0 N–H and O–H groups in total. The Morgan fingerprint density at radius 1 is 0.632 bits per heavy atom. The van der Waals surface area contributed by atoms with Crippen molar-refractivity contribution >= 4 is 17.9 Å². The highest BCUT2D eigenvalue weighted by molar-refractivity contribution is 5.92. The molecule has 0 saturated carbocycles. The van der Waals surface area contributed by atoms with Crippen molar-refractivity contribution < 1.29 is 42.8 Å². The minimum Gasteiger partial charge on any atom is -0.497 e. The third-order valence-corrected chi connectivity index (χ3v) is 6.39. The number of carbonyl (C=O) groups excluding carboxylic acids is 3. The van der Waals surface area contributed by atoms with Crippen LogP contribution in [0.2, 0.25) is 0 Å². The van der Waals surface area contributed by atoms with Crippen molar-refractivity contribution in [1.29, 1.82) is 0 Å². The fraction of sp³-hybridized carbons (Fsp3) is 0.276. The van der Waals surface area contributed by atoms with E-state index in [0.717, 1.165) is 5.56 Å². The van der Waals surface area contributed by atoms with Crippen LogP contribution in [0.15, 0.2) is 72.8 Å². The average molecular weight is 519 g/mol. The van der Waals surface area contributed by atoms with Crippen LogP contribution in [0.4, 0.5) is 0 Å². The lowest BCUT2D eigenvalue weighted by Crippen LogP contribution is -2.36. The van der Waals surface area contributed by atoms with Crippen LogP contribution in [0, 0.1) is 6.92 Å². The Kier molecular flexibility index (Phi) is 7.39. The Bertz CT molecular complexity index is 1300. The van der Waals surface area contributed by atoms with Crippen molar-refractivity contribution in [3.05, 3.63) is 95.1 Å². The molecule has 2 aliphatic rings. The smallest absolute Gasteiger partial charge is 0.343 e. The third kappa shape index (κ3) is 5.53. The molecule has 0 aromatic heterocycles. The molecule has 0 bridgehead atoms. The van der Waals surface area contributed by atoms with Gasteiger partial charge in [-0.15, -0.1) is 0 Å². The number of benzene rings is 3. The monoisotopic (exact) mass is 518 g/mol. The zero-order valence-corrected chi connectivity index (χ0v) is 20.8. The maximum atomic E-state index is 12.7. The first-order valence-corrected chi connectivity index (χ1v) is 12.1. The molecule has 4 atom stereocenters. The summed E-state index contributed by atoms with van der Waals surface area (Å²) in [5.74, 6) is -0.658. The van der Waals surface area contributed by atoms with Crippen molar-refractivity contribution in [3.63, 3.8) is 0 Å². The molecule has 2 fully saturated rings. The second kappa shape index (κ2) is 11.0. The molecule has 0 unspecified atom stereocenters. The Hall–Kier alpha value is -4.21. The zero-order valence-electron chi connectivity index (χ0n) is 20.8. The number of rotatable bonds is 7. The predicted octanol–water partition coefficient (Wildman–Crippen LogP) is 3.77. The molecule has 0 aliphatic carbocycles. The summed E-state index contributed by atoms with van der Waals surface area (Å²) >= 11 is 0. The molecule has 2 aliphatic heterocycles. The van der Waals surface area contributed by atoms with Gasteiger partial charge in [-0.3, -0.25) is 0 Å². The van der Waals surface area contributed by atoms with Gasteiger partial charge in [-0.05, 0) is 67.6 Å². The topological polar surface area (TPSA) is 107 Å². The normalized spacial score (nSPS) is 21.8. The molecule has 0 radical (unpaired) electrons. The highest BCUT2D eigenvalue weighted by Crippen LogP contribution is 2.31. The van der Waals surface area contributed by atoms with E-state index in [0.29, 0.717) is 16.9 Å². The van der Waals surface area contributed by atoms with E-state index in [1.165, 1.54) is 24.3 Å². The molecule has 0 spiro atoms. The van der Waals surface area contributed by atoms with Gasteiger partial charge in [0, 0.05) is 0 Å². The summed E-state index contributed by atoms with van der Waals surface area (Å²) < 4.78 is 33.2. The molecule has 5 rings (SSSR count). The maximum absolute atomic E-state index is 12.7. The lowest BCUT2D eigenvalue weighted by atomic mass is 10.1. The van der Waals surface area contributed by atoms with Crippen LogP contribution >= 0.6 is 0 Å². The summed E-state index contributed by atoms with van der Waals surface area (Å²) in [5, 5.41) is 0. The van der Waals surface area contributed by atoms with Crippen LogP contribution in [-0.2, 0) is 18.9 Å². The molecule has 3 aromatic rings. The van der Waals surface area contributed by atoms with Crippen molar-refractivity contribution in [3.8, 4) is 11.5 Å². The minimum absolute atomic E-state index is 0.122. The lowest BCUT2D eigenvalue weighted by molar-refractivity contribution is -0.0287. The van der Waals surface area contributed by atoms with Gasteiger partial charge >= 0.3 is 17.9 Å². The van der Waals surface area contributed by atoms with Crippen LogP contribution in [0.1, 0.15) is 36.6 Å². The van der Waals surface area contributed by atoms with Crippen LogP contribution in [-0.4, -0.2) is 62.6 Å². The van der Waals surface area contributed by atoms with E-state index in [-0.39, 0.29) is 24.5 Å². The molecule has 38 heavy (non-hydrogen) atoms. The summed E-state index contributed by atoms with van der Waals surface area (Å²) in [6, 6.07) is 19.7. The van der Waals surface area contributed by atoms with Gasteiger partial charge < -0.3 is 28.4 Å². The summed E-state index contributed by atoms with van der Waals surface area (Å²) in [6.45, 7) is 2.21. The first-order valence-electron chi connectivity index (χ1n) is 12.1. The number of hydrogen-bond donors (Lipinski definition) is 0. The first kappa shape index (κ1) is 25.4. The Balaban J connectivity index is 1.14. The zero-order chi connectivity index (χ0) is 26.6. The van der Waals surface area contributed by atoms with Crippen molar-refractivity contribution in [2.75, 3.05) is 20.3 Å². The summed E-state index contributed by atoms with van der Waals surface area (Å²) in [7, 11) is 1.54. The molecule has 2 saturated heterocycles. The maximum Gasteiger partial charge on any atom is 0.343 e. The van der Waals surface area contributed by atoms with Crippen LogP contribution in [0.3, 0.4) is 0 Å². The largest absolute Gasteiger partial charge is 0.497 e. The highest BCUT2D eigenvalue weighted by Gasteiger charge is 2.51. The Morgan fingerprint density at radius 3 is 1.53 bits per heavy atom. The number of aryl methyl sites for hydroxylation is 1. The molecule has 196 valence electrons. The van der Waals surface area contributed by atoms with E-state index in [4.69, 9.17) is 28.4 Å². The van der Waals surface area contributed by atoms with E-state index < -0.39 is 42.3 Å². The van der Waals surface area contributed by atoms with E-state index in [2.05, 4.69) is 0 Å². The standard InChI is InChI=1S/C29H26O9/c1-17-3-5-18(6-4-17)28(31)37-23-15-34-26-24(16-35-25(23)26)38-29(32)20-9-13-22(14-10-20)36-27(30)19-7-11-21(33-2)12-8-19/h3-14,23-26H,15-16H2,1-2H3/t23-,24+,25-,26-/m1/s1. The number of carbonyl (C=O) groups is 3. The van der Waals surface area contributed by atoms with Gasteiger partial charge in [0.05, 0.1) is 37.0 Å². The van der Waals surface area contributed by atoms with Crippen LogP contribution in [0.5, 0.6) is 11.5 Å². The molecule has 0 amide bonds. The van der Waals surface area contributed by atoms with Gasteiger partial charge in [0.25, 0.3) is 0 Å². The van der Waals surface area contributed by atoms with Gasteiger partial charge in [0.2, 0.25) is 0 Å². The summed E-state index contributed by atoms with van der Waals surface area (Å²) in [5.41, 5.74) is 2.12. The quantitative estimate of drug-likeness (QED) is 0.341. The third-order valence-electron chi connectivity index (χ3n) is 6.39. The number of esters is 3. The second-order valence-corrected chi connectivity index (χ2v) is 8.99. The van der Waals surface area contributed by atoms with Crippen molar-refractivity contribution in [2.45, 2.75) is 31.3 Å². The number of fused-ring (bicyclic) bond motifs is 1. The van der Waals surface area contributed by atoms with Crippen LogP contribution < -0.4 is 9.47 Å². The Labute approximate surface area is 219 Å². The number of ether oxygens (including phenoxy) is 6. The summed E-state index contributed by atoms with van der Waals surface area (Å²) in [4.78, 5) is 37.6. The SMILES string of the molecule is COc1ccc(C(=O)Oc2ccc(C(=O)O[C@H]3CO[C@H]4[C@@H]3OC[C@H]4OC(=O)c3ccc(C)cc3)cc2)cc1. The lowest BCUT2D eigenvalue weighted by Gasteiger charge is -2.17. The predicted molar refractivity (Wildman–Crippen MR) is 133 cm³/mol. The van der Waals surface area contributed by atoms with Crippen molar-refractivity contribution in [1.82, 2.24) is 0 Å². The molecule has 9 nitrogen and oxygen atoms in total. The van der Waals surface area contributed by atoms with Crippen molar-refractivity contribution in [2.24, 2.45) is 0 Å². The van der Waals surface area contributed by atoms with Gasteiger partial charge in [-0.1, -0.05) is 17.7 Å². The average Bonchev–Trinajstić information content (AvgIpc) is 3.52. The molecular formula is C29H26O9. The van der Waals surface area contributed by atoms with E-state index in [9.17, 15) is 14.4 Å².